The highest BCUT2D eigenvalue weighted by Gasteiger charge is 2.19. The Bertz CT molecular complexity index is 372. The summed E-state index contributed by atoms with van der Waals surface area (Å²) in [5.74, 6) is 6.14. The minimum absolute atomic E-state index is 0.180. The van der Waals surface area contributed by atoms with E-state index in [2.05, 4.69) is 21.0 Å². The third-order valence-electron chi connectivity index (χ3n) is 4.09. The second kappa shape index (κ2) is 8.33. The van der Waals surface area contributed by atoms with E-state index in [1.54, 1.807) is 0 Å². The second-order valence-electron chi connectivity index (χ2n) is 5.67. The zero-order valence-electron chi connectivity index (χ0n) is 12.9. The van der Waals surface area contributed by atoms with Crippen molar-refractivity contribution >= 4 is 5.71 Å². The standard InChI is InChI=1S/C14H28N6O/c1-11(13(15)10-20-8-6-18-7-9-20)14(19-16)21-12-2-4-17-5-3-12/h12,15,17-19H,2-10,16H2,1H3/b14-11+,15-13?. The molecule has 2 rings (SSSR count). The minimum Gasteiger partial charge on any atom is -0.475 e. The first-order valence-electron chi connectivity index (χ1n) is 7.76. The number of hydrogen-bond donors (Lipinski definition) is 5. The van der Waals surface area contributed by atoms with Crippen LogP contribution in [0.15, 0.2) is 11.5 Å². The lowest BCUT2D eigenvalue weighted by Gasteiger charge is -2.28. The van der Waals surface area contributed by atoms with Gasteiger partial charge in [0.25, 0.3) is 0 Å². The molecule has 7 nitrogen and oxygen atoms in total. The van der Waals surface area contributed by atoms with Crippen molar-refractivity contribution in [3.8, 4) is 0 Å². The fraction of sp³-hybridized carbons (Fsp3) is 0.786. The van der Waals surface area contributed by atoms with E-state index in [-0.39, 0.29) is 6.10 Å². The summed E-state index contributed by atoms with van der Waals surface area (Å²) < 4.78 is 5.94. The van der Waals surface area contributed by atoms with Gasteiger partial charge in [-0.15, -0.1) is 0 Å². The topological polar surface area (TPSA) is 98.4 Å². The fourth-order valence-corrected chi connectivity index (χ4v) is 2.66. The first-order chi connectivity index (χ1) is 10.2. The number of hydrogen-bond acceptors (Lipinski definition) is 7. The molecular weight excluding hydrogens is 268 g/mol. The summed E-state index contributed by atoms with van der Waals surface area (Å²) in [6.45, 7) is 8.44. The molecule has 0 amide bonds. The average Bonchev–Trinajstić information content (AvgIpc) is 2.54. The first kappa shape index (κ1) is 16.2. The number of nitrogens with one attached hydrogen (secondary N) is 4. The number of nitrogens with two attached hydrogens (primary N) is 1. The van der Waals surface area contributed by atoms with Crippen LogP contribution >= 0.6 is 0 Å². The third-order valence-corrected chi connectivity index (χ3v) is 4.09. The molecule has 0 spiro atoms. The normalized spacial score (nSPS) is 22.6. The van der Waals surface area contributed by atoms with E-state index >= 15 is 0 Å². The van der Waals surface area contributed by atoms with Crippen molar-refractivity contribution in [2.75, 3.05) is 45.8 Å². The highest BCUT2D eigenvalue weighted by molar-refractivity contribution is 5.99. The van der Waals surface area contributed by atoms with Gasteiger partial charge in [-0.05, 0) is 32.9 Å². The highest BCUT2D eigenvalue weighted by atomic mass is 16.5. The Labute approximate surface area is 126 Å². The lowest BCUT2D eigenvalue weighted by molar-refractivity contribution is 0.0745. The molecule has 7 heteroatoms. The second-order valence-corrected chi connectivity index (χ2v) is 5.67. The van der Waals surface area contributed by atoms with E-state index in [4.69, 9.17) is 16.0 Å². The van der Waals surface area contributed by atoms with Crippen molar-refractivity contribution in [3.63, 3.8) is 0 Å². The summed E-state index contributed by atoms with van der Waals surface area (Å²) >= 11 is 0. The number of piperidine rings is 1. The van der Waals surface area contributed by atoms with Crippen LogP contribution in [0.5, 0.6) is 0 Å². The molecule has 0 unspecified atom stereocenters. The lowest BCUT2D eigenvalue weighted by Crippen LogP contribution is -2.45. The summed E-state index contributed by atoms with van der Waals surface area (Å²) in [5, 5.41) is 14.9. The molecule has 2 aliphatic rings. The zero-order valence-corrected chi connectivity index (χ0v) is 12.9. The molecule has 0 aromatic heterocycles. The van der Waals surface area contributed by atoms with Crippen LogP contribution in [0.2, 0.25) is 0 Å². The third kappa shape index (κ3) is 4.96. The van der Waals surface area contributed by atoms with Crippen molar-refractivity contribution in [3.05, 3.63) is 11.5 Å². The molecular formula is C14H28N6O. The van der Waals surface area contributed by atoms with Gasteiger partial charge in [-0.3, -0.25) is 10.3 Å². The Morgan fingerprint density at radius 3 is 2.48 bits per heavy atom. The number of rotatable bonds is 6. The van der Waals surface area contributed by atoms with Gasteiger partial charge in [0, 0.05) is 38.3 Å². The Hall–Kier alpha value is -1.15. The maximum absolute atomic E-state index is 8.27. The lowest BCUT2D eigenvalue weighted by atomic mass is 10.1. The number of hydrazine groups is 1. The molecule has 0 aromatic rings. The van der Waals surface area contributed by atoms with Crippen LogP contribution < -0.4 is 21.9 Å². The molecule has 0 radical (unpaired) electrons. The van der Waals surface area contributed by atoms with E-state index in [0.717, 1.165) is 57.7 Å². The molecule has 0 aliphatic carbocycles. The number of nitrogens with zero attached hydrogens (tertiary/aromatic N) is 1. The van der Waals surface area contributed by atoms with Gasteiger partial charge in [-0.25, -0.2) is 5.84 Å². The Morgan fingerprint density at radius 1 is 1.24 bits per heavy atom. The van der Waals surface area contributed by atoms with E-state index < -0.39 is 0 Å². The van der Waals surface area contributed by atoms with Crippen LogP contribution in [0.1, 0.15) is 19.8 Å². The maximum atomic E-state index is 8.27. The Kier molecular flexibility index (Phi) is 6.44. The van der Waals surface area contributed by atoms with Crippen LogP contribution in [-0.2, 0) is 4.74 Å². The molecule has 0 bridgehead atoms. The molecule has 21 heavy (non-hydrogen) atoms. The van der Waals surface area contributed by atoms with Gasteiger partial charge in [0.1, 0.15) is 6.10 Å². The molecule has 0 atom stereocenters. The summed E-state index contributed by atoms with van der Waals surface area (Å²) in [5.41, 5.74) is 4.00. The zero-order chi connectivity index (χ0) is 15.1. The van der Waals surface area contributed by atoms with Crippen LogP contribution in [0, 0.1) is 5.41 Å². The van der Waals surface area contributed by atoms with Gasteiger partial charge in [0.2, 0.25) is 5.88 Å². The number of ether oxygens (including phenoxy) is 1. The summed E-state index contributed by atoms with van der Waals surface area (Å²) in [6.07, 6.45) is 2.13. The van der Waals surface area contributed by atoms with Crippen molar-refractivity contribution in [1.82, 2.24) is 21.0 Å². The molecule has 2 aliphatic heterocycles. The summed E-state index contributed by atoms with van der Waals surface area (Å²) in [6, 6.07) is 0. The highest BCUT2D eigenvalue weighted by Crippen LogP contribution is 2.14. The summed E-state index contributed by atoms with van der Waals surface area (Å²) in [4.78, 5) is 2.28. The first-order valence-corrected chi connectivity index (χ1v) is 7.76. The van der Waals surface area contributed by atoms with Crippen molar-refractivity contribution < 1.29 is 4.74 Å². The van der Waals surface area contributed by atoms with Crippen LogP contribution in [0.25, 0.3) is 0 Å². The summed E-state index contributed by atoms with van der Waals surface area (Å²) in [7, 11) is 0. The van der Waals surface area contributed by atoms with E-state index in [1.807, 2.05) is 6.92 Å². The van der Waals surface area contributed by atoms with Gasteiger partial charge >= 0.3 is 0 Å². The molecule has 6 N–H and O–H groups in total. The molecule has 2 heterocycles. The molecule has 0 saturated carbocycles. The van der Waals surface area contributed by atoms with E-state index in [0.29, 0.717) is 18.1 Å². The van der Waals surface area contributed by atoms with Gasteiger partial charge < -0.3 is 20.8 Å². The van der Waals surface area contributed by atoms with Crippen LogP contribution in [0.4, 0.5) is 0 Å². The largest absolute Gasteiger partial charge is 0.475 e. The van der Waals surface area contributed by atoms with Crippen LogP contribution in [-0.4, -0.2) is 62.5 Å². The van der Waals surface area contributed by atoms with Crippen molar-refractivity contribution in [2.45, 2.75) is 25.9 Å². The molecule has 120 valence electrons. The van der Waals surface area contributed by atoms with Crippen molar-refractivity contribution in [2.24, 2.45) is 5.84 Å². The van der Waals surface area contributed by atoms with E-state index in [9.17, 15) is 0 Å². The SMILES string of the molecule is C/C(C(=N)CN1CCNCC1)=C(/NN)OC1CCNCC1. The van der Waals surface area contributed by atoms with E-state index in [1.165, 1.54) is 0 Å². The van der Waals surface area contributed by atoms with Gasteiger partial charge in [0.05, 0.1) is 5.71 Å². The predicted molar refractivity (Wildman–Crippen MR) is 84.0 cm³/mol. The fourth-order valence-electron chi connectivity index (χ4n) is 2.66. The smallest absolute Gasteiger partial charge is 0.206 e. The molecule has 0 aromatic carbocycles. The molecule has 2 fully saturated rings. The van der Waals surface area contributed by atoms with Gasteiger partial charge in [-0.2, -0.15) is 0 Å². The van der Waals surface area contributed by atoms with Crippen LogP contribution in [0.3, 0.4) is 0 Å². The maximum Gasteiger partial charge on any atom is 0.206 e. The Morgan fingerprint density at radius 2 is 1.86 bits per heavy atom. The Balaban J connectivity index is 1.91. The average molecular weight is 296 g/mol. The monoisotopic (exact) mass is 296 g/mol. The van der Waals surface area contributed by atoms with Gasteiger partial charge in [-0.1, -0.05) is 0 Å². The predicted octanol–water partition coefficient (Wildman–Crippen LogP) is -0.625. The van der Waals surface area contributed by atoms with Crippen molar-refractivity contribution in [1.29, 1.82) is 5.41 Å². The minimum atomic E-state index is 0.180. The quantitative estimate of drug-likeness (QED) is 0.194. The molecule has 2 saturated heterocycles. The number of piperazine rings is 1. The van der Waals surface area contributed by atoms with Gasteiger partial charge in [0.15, 0.2) is 0 Å².